The Labute approximate surface area is 82.1 Å². The van der Waals surface area contributed by atoms with E-state index in [0.717, 1.165) is 25.5 Å². The highest BCUT2D eigenvalue weighted by Crippen LogP contribution is 2.06. The predicted octanol–water partition coefficient (Wildman–Crippen LogP) is 1.22. The van der Waals surface area contributed by atoms with Crippen molar-refractivity contribution in [2.24, 2.45) is 0 Å². The van der Waals surface area contributed by atoms with E-state index in [1.165, 1.54) is 0 Å². The summed E-state index contributed by atoms with van der Waals surface area (Å²) < 4.78 is 5.04. The van der Waals surface area contributed by atoms with Crippen molar-refractivity contribution < 1.29 is 4.74 Å². The van der Waals surface area contributed by atoms with Gasteiger partial charge in [0.2, 0.25) is 0 Å². The van der Waals surface area contributed by atoms with Crippen molar-refractivity contribution in [1.29, 1.82) is 0 Å². The number of ether oxygens (including phenoxy) is 1. The molecule has 0 aromatic carbocycles. The van der Waals surface area contributed by atoms with Crippen LogP contribution in [0.3, 0.4) is 0 Å². The van der Waals surface area contributed by atoms with E-state index in [1.54, 1.807) is 6.07 Å². The minimum Gasteiger partial charge on any atom is -0.378 e. The number of hydrogen-bond acceptors (Lipinski definition) is 3. The van der Waals surface area contributed by atoms with Crippen molar-refractivity contribution in [3.05, 3.63) is 29.0 Å². The summed E-state index contributed by atoms with van der Waals surface area (Å²) in [5, 5.41) is 3.86. The van der Waals surface area contributed by atoms with E-state index in [2.05, 4.69) is 10.3 Å². The Bertz CT molecular complexity index is 289. The van der Waals surface area contributed by atoms with Crippen LogP contribution in [0.5, 0.6) is 0 Å². The highest BCUT2D eigenvalue weighted by molar-refractivity contribution is 6.29. The number of pyridine rings is 1. The van der Waals surface area contributed by atoms with Crippen LogP contribution in [0.4, 0.5) is 0 Å². The lowest BCUT2D eigenvalue weighted by atomic mass is 10.2. The fourth-order valence-electron chi connectivity index (χ4n) is 1.15. The molecule has 1 aromatic rings. The standard InChI is InChI=1S/C9H11ClN2O/c10-9-3-1-2-7(12-9)4-11-8-5-13-6-8/h1-3,8,11H,4-6H2. The maximum Gasteiger partial charge on any atom is 0.129 e. The quantitative estimate of drug-likeness (QED) is 0.742. The Balaban J connectivity index is 1.86. The third-order valence-corrected chi connectivity index (χ3v) is 2.19. The highest BCUT2D eigenvalue weighted by atomic mass is 35.5. The molecule has 70 valence electrons. The molecule has 1 aliphatic rings. The second-order valence-electron chi connectivity index (χ2n) is 3.07. The zero-order chi connectivity index (χ0) is 9.10. The van der Waals surface area contributed by atoms with Crippen LogP contribution in [0.15, 0.2) is 18.2 Å². The van der Waals surface area contributed by atoms with Gasteiger partial charge >= 0.3 is 0 Å². The molecule has 1 fully saturated rings. The van der Waals surface area contributed by atoms with Crippen molar-refractivity contribution in [1.82, 2.24) is 10.3 Å². The summed E-state index contributed by atoms with van der Waals surface area (Å²) in [6.45, 7) is 2.37. The second kappa shape index (κ2) is 4.05. The summed E-state index contributed by atoms with van der Waals surface area (Å²) >= 11 is 5.74. The third kappa shape index (κ3) is 2.40. The van der Waals surface area contributed by atoms with Gasteiger partial charge in [-0.15, -0.1) is 0 Å². The summed E-state index contributed by atoms with van der Waals surface area (Å²) in [6, 6.07) is 6.13. The fraction of sp³-hybridized carbons (Fsp3) is 0.444. The Morgan fingerprint density at radius 1 is 1.54 bits per heavy atom. The lowest BCUT2D eigenvalue weighted by molar-refractivity contribution is -0.00590. The molecule has 1 N–H and O–H groups in total. The van der Waals surface area contributed by atoms with Crippen LogP contribution >= 0.6 is 11.6 Å². The summed E-state index contributed by atoms with van der Waals surface area (Å²) in [4.78, 5) is 4.17. The molecule has 2 rings (SSSR count). The minimum atomic E-state index is 0.487. The number of rotatable bonds is 3. The first-order valence-corrected chi connectivity index (χ1v) is 4.65. The molecular weight excluding hydrogens is 188 g/mol. The molecule has 0 spiro atoms. The van der Waals surface area contributed by atoms with Crippen LogP contribution in [-0.4, -0.2) is 24.2 Å². The first kappa shape index (κ1) is 8.94. The molecule has 1 aromatic heterocycles. The average molecular weight is 199 g/mol. The fourth-order valence-corrected chi connectivity index (χ4v) is 1.33. The van der Waals surface area contributed by atoms with Crippen LogP contribution in [0.25, 0.3) is 0 Å². The molecule has 1 aliphatic heterocycles. The smallest absolute Gasteiger partial charge is 0.129 e. The molecule has 0 atom stereocenters. The van der Waals surface area contributed by atoms with Gasteiger partial charge in [-0.3, -0.25) is 0 Å². The van der Waals surface area contributed by atoms with Gasteiger partial charge in [-0.2, -0.15) is 0 Å². The predicted molar refractivity (Wildman–Crippen MR) is 50.7 cm³/mol. The first-order valence-electron chi connectivity index (χ1n) is 4.27. The van der Waals surface area contributed by atoms with E-state index < -0.39 is 0 Å². The van der Waals surface area contributed by atoms with Gasteiger partial charge in [0, 0.05) is 6.54 Å². The van der Waals surface area contributed by atoms with E-state index in [4.69, 9.17) is 16.3 Å². The molecule has 4 heteroatoms. The van der Waals surface area contributed by atoms with Gasteiger partial charge in [-0.25, -0.2) is 4.98 Å². The summed E-state index contributed by atoms with van der Waals surface area (Å²) in [6.07, 6.45) is 0. The van der Waals surface area contributed by atoms with Gasteiger partial charge in [0.1, 0.15) is 5.15 Å². The Kier molecular flexibility index (Phi) is 2.78. The largest absolute Gasteiger partial charge is 0.378 e. The molecule has 0 bridgehead atoms. The second-order valence-corrected chi connectivity index (χ2v) is 3.45. The lowest BCUT2D eigenvalue weighted by Crippen LogP contribution is -2.45. The molecule has 0 radical (unpaired) electrons. The first-order chi connectivity index (χ1) is 6.34. The monoisotopic (exact) mass is 198 g/mol. The van der Waals surface area contributed by atoms with Crippen LogP contribution in [0, 0.1) is 0 Å². The van der Waals surface area contributed by atoms with Gasteiger partial charge in [-0.05, 0) is 12.1 Å². The minimum absolute atomic E-state index is 0.487. The molecular formula is C9H11ClN2O. The van der Waals surface area contributed by atoms with E-state index in [-0.39, 0.29) is 0 Å². The van der Waals surface area contributed by atoms with E-state index in [0.29, 0.717) is 11.2 Å². The van der Waals surface area contributed by atoms with Gasteiger partial charge in [0.25, 0.3) is 0 Å². The Morgan fingerprint density at radius 3 is 3.00 bits per heavy atom. The van der Waals surface area contributed by atoms with Crippen LogP contribution in [0.1, 0.15) is 5.69 Å². The van der Waals surface area contributed by atoms with Crippen molar-refractivity contribution in [2.45, 2.75) is 12.6 Å². The van der Waals surface area contributed by atoms with Crippen LogP contribution in [-0.2, 0) is 11.3 Å². The molecule has 3 nitrogen and oxygen atoms in total. The van der Waals surface area contributed by atoms with Crippen molar-refractivity contribution in [2.75, 3.05) is 13.2 Å². The zero-order valence-electron chi connectivity index (χ0n) is 7.16. The molecule has 13 heavy (non-hydrogen) atoms. The van der Waals surface area contributed by atoms with E-state index in [9.17, 15) is 0 Å². The van der Waals surface area contributed by atoms with Crippen LogP contribution in [0.2, 0.25) is 5.15 Å². The van der Waals surface area contributed by atoms with Gasteiger partial charge in [-0.1, -0.05) is 17.7 Å². The average Bonchev–Trinajstić information content (AvgIpc) is 2.01. The normalized spacial score (nSPS) is 17.0. The zero-order valence-corrected chi connectivity index (χ0v) is 7.92. The maximum absolute atomic E-state index is 5.74. The van der Waals surface area contributed by atoms with Gasteiger partial charge < -0.3 is 10.1 Å². The van der Waals surface area contributed by atoms with Crippen molar-refractivity contribution in [3.8, 4) is 0 Å². The number of nitrogens with one attached hydrogen (secondary N) is 1. The Hall–Kier alpha value is -0.640. The highest BCUT2D eigenvalue weighted by Gasteiger charge is 2.16. The molecule has 2 heterocycles. The summed E-state index contributed by atoms with van der Waals surface area (Å²) in [5.41, 5.74) is 0.972. The topological polar surface area (TPSA) is 34.1 Å². The third-order valence-electron chi connectivity index (χ3n) is 1.98. The lowest BCUT2D eigenvalue weighted by Gasteiger charge is -2.26. The number of hydrogen-bond donors (Lipinski definition) is 1. The molecule has 0 unspecified atom stereocenters. The van der Waals surface area contributed by atoms with Gasteiger partial charge in [0.05, 0.1) is 24.9 Å². The van der Waals surface area contributed by atoms with E-state index in [1.807, 2.05) is 12.1 Å². The summed E-state index contributed by atoms with van der Waals surface area (Å²) in [7, 11) is 0. The SMILES string of the molecule is Clc1cccc(CNC2COC2)n1. The van der Waals surface area contributed by atoms with E-state index >= 15 is 0 Å². The van der Waals surface area contributed by atoms with Crippen molar-refractivity contribution in [3.63, 3.8) is 0 Å². The van der Waals surface area contributed by atoms with Crippen molar-refractivity contribution >= 4 is 11.6 Å². The maximum atomic E-state index is 5.74. The van der Waals surface area contributed by atoms with Gasteiger partial charge in [0.15, 0.2) is 0 Å². The van der Waals surface area contributed by atoms with Crippen LogP contribution < -0.4 is 5.32 Å². The molecule has 0 saturated carbocycles. The molecule has 1 saturated heterocycles. The summed E-state index contributed by atoms with van der Waals surface area (Å²) in [5.74, 6) is 0. The Morgan fingerprint density at radius 2 is 2.38 bits per heavy atom. The molecule has 0 aliphatic carbocycles. The number of nitrogens with zero attached hydrogens (tertiary/aromatic N) is 1. The number of aromatic nitrogens is 1. The number of halogens is 1. The molecule has 0 amide bonds.